The van der Waals surface area contributed by atoms with Crippen LogP contribution in [0.5, 0.6) is 5.75 Å². The number of carbonyl (C=O) groups excluding carboxylic acids is 1. The number of likely N-dealkylation sites (N-methyl/N-ethyl adjacent to an activating group) is 1. The van der Waals surface area contributed by atoms with E-state index in [1.807, 2.05) is 48.5 Å². The Morgan fingerprint density at radius 2 is 2.16 bits per heavy atom. The zero-order valence-electron chi connectivity index (χ0n) is 13.7. The summed E-state index contributed by atoms with van der Waals surface area (Å²) in [5, 5.41) is 14.0. The number of nitrogens with one attached hydrogen (secondary N) is 1. The molecule has 7 nitrogen and oxygen atoms in total. The number of ether oxygens (including phenoxy) is 1. The Morgan fingerprint density at radius 3 is 2.96 bits per heavy atom. The molecule has 2 aromatic carbocycles. The Balaban J connectivity index is 1.45. The molecular weight excluding hydrogens is 318 g/mol. The molecule has 0 aliphatic carbocycles. The molecule has 0 saturated carbocycles. The van der Waals surface area contributed by atoms with Crippen LogP contribution in [-0.2, 0) is 17.8 Å². The fourth-order valence-electron chi connectivity index (χ4n) is 3.01. The number of rotatable bonds is 4. The first-order valence-electron chi connectivity index (χ1n) is 8.03. The topological polar surface area (TPSA) is 84.0 Å². The lowest BCUT2D eigenvalue weighted by Gasteiger charge is -2.21. The van der Waals surface area contributed by atoms with Gasteiger partial charge in [0.1, 0.15) is 5.75 Å². The highest BCUT2D eigenvalue weighted by Crippen LogP contribution is 2.29. The molecule has 2 heterocycles. The molecule has 1 aliphatic heterocycles. The predicted molar refractivity (Wildman–Crippen MR) is 90.6 cm³/mol. The number of para-hydroxylation sites is 1. The van der Waals surface area contributed by atoms with Gasteiger partial charge in [-0.25, -0.2) is 0 Å². The molecule has 4 rings (SSSR count). The molecule has 1 atom stereocenters. The summed E-state index contributed by atoms with van der Waals surface area (Å²) >= 11 is 0. The Morgan fingerprint density at radius 1 is 1.28 bits per heavy atom. The monoisotopic (exact) mass is 335 g/mol. The van der Waals surface area contributed by atoms with Crippen molar-refractivity contribution in [1.82, 2.24) is 25.5 Å². The van der Waals surface area contributed by atoms with Crippen molar-refractivity contribution >= 4 is 5.91 Å². The van der Waals surface area contributed by atoms with Crippen LogP contribution in [0.1, 0.15) is 11.1 Å². The van der Waals surface area contributed by atoms with Crippen LogP contribution in [0.2, 0.25) is 0 Å². The average Bonchev–Trinajstić information content (AvgIpc) is 3.30. The Hall–Kier alpha value is -3.22. The van der Waals surface area contributed by atoms with Gasteiger partial charge < -0.3 is 9.64 Å². The van der Waals surface area contributed by atoms with Gasteiger partial charge in [0.2, 0.25) is 5.82 Å². The lowest BCUT2D eigenvalue weighted by atomic mass is 10.1. The molecule has 0 radical (unpaired) electrons. The van der Waals surface area contributed by atoms with Crippen LogP contribution in [0, 0.1) is 0 Å². The molecule has 1 aromatic heterocycles. The highest BCUT2D eigenvalue weighted by atomic mass is 16.5. The van der Waals surface area contributed by atoms with Crippen LogP contribution in [0.25, 0.3) is 11.4 Å². The number of aromatic amines is 1. The summed E-state index contributed by atoms with van der Waals surface area (Å²) in [6.07, 6.45) is 0.158. The summed E-state index contributed by atoms with van der Waals surface area (Å²) in [6, 6.07) is 15.5. The highest BCUT2D eigenvalue weighted by Gasteiger charge is 2.30. The SMILES string of the molecule is CN(Cc1cccc(-c2nn[nH]n2)c1)C(=O)[C@@H]1Cc2ccccc2O1. The molecule has 0 spiro atoms. The van der Waals surface area contributed by atoms with Crippen LogP contribution in [0.4, 0.5) is 0 Å². The van der Waals surface area contributed by atoms with Crippen LogP contribution in [-0.4, -0.2) is 44.6 Å². The number of carbonyl (C=O) groups is 1. The van der Waals surface area contributed by atoms with Crippen molar-refractivity contribution in [3.63, 3.8) is 0 Å². The quantitative estimate of drug-likeness (QED) is 0.786. The van der Waals surface area contributed by atoms with Gasteiger partial charge in [-0.2, -0.15) is 5.21 Å². The number of H-pyrrole nitrogens is 1. The molecule has 126 valence electrons. The van der Waals surface area contributed by atoms with Crippen molar-refractivity contribution in [2.45, 2.75) is 19.1 Å². The minimum atomic E-state index is -0.456. The minimum absolute atomic E-state index is 0.0267. The number of amides is 1. The van der Waals surface area contributed by atoms with E-state index in [2.05, 4.69) is 20.6 Å². The lowest BCUT2D eigenvalue weighted by Crippen LogP contribution is -2.38. The van der Waals surface area contributed by atoms with E-state index in [1.54, 1.807) is 11.9 Å². The third kappa shape index (κ3) is 3.08. The van der Waals surface area contributed by atoms with Crippen molar-refractivity contribution in [1.29, 1.82) is 0 Å². The first-order chi connectivity index (χ1) is 12.2. The summed E-state index contributed by atoms with van der Waals surface area (Å²) in [6.45, 7) is 0.487. The molecule has 1 N–H and O–H groups in total. The van der Waals surface area contributed by atoms with E-state index in [0.717, 1.165) is 22.4 Å². The maximum atomic E-state index is 12.7. The van der Waals surface area contributed by atoms with Gasteiger partial charge in [-0.15, -0.1) is 10.2 Å². The maximum absolute atomic E-state index is 12.7. The molecule has 7 heteroatoms. The van der Waals surface area contributed by atoms with Crippen LogP contribution < -0.4 is 4.74 Å². The second-order valence-electron chi connectivity index (χ2n) is 6.05. The summed E-state index contributed by atoms with van der Waals surface area (Å²) in [7, 11) is 1.79. The summed E-state index contributed by atoms with van der Waals surface area (Å²) in [5.74, 6) is 1.31. The van der Waals surface area contributed by atoms with E-state index in [9.17, 15) is 4.79 Å². The van der Waals surface area contributed by atoms with Crippen molar-refractivity contribution in [3.05, 3.63) is 59.7 Å². The van der Waals surface area contributed by atoms with Crippen LogP contribution in [0.3, 0.4) is 0 Å². The molecule has 0 fully saturated rings. The van der Waals surface area contributed by atoms with Gasteiger partial charge in [-0.05, 0) is 28.5 Å². The second-order valence-corrected chi connectivity index (χ2v) is 6.05. The molecule has 0 unspecified atom stereocenters. The Bertz CT molecular complexity index is 869. The number of hydrogen-bond donors (Lipinski definition) is 1. The standard InChI is InChI=1S/C18H17N5O2/c1-23(18(24)16-10-13-6-2-3-8-15(13)25-16)11-12-5-4-7-14(9-12)17-19-21-22-20-17/h2-9,16H,10-11H2,1H3,(H,19,20,21,22)/t16-/m0/s1. The van der Waals surface area contributed by atoms with Gasteiger partial charge in [0.15, 0.2) is 6.10 Å². The van der Waals surface area contributed by atoms with Crippen molar-refractivity contribution in [2.75, 3.05) is 7.05 Å². The van der Waals surface area contributed by atoms with E-state index in [1.165, 1.54) is 0 Å². The third-order valence-electron chi connectivity index (χ3n) is 4.25. The van der Waals surface area contributed by atoms with Gasteiger partial charge in [0.05, 0.1) is 0 Å². The van der Waals surface area contributed by atoms with Gasteiger partial charge in [0.25, 0.3) is 5.91 Å². The van der Waals surface area contributed by atoms with E-state index >= 15 is 0 Å². The van der Waals surface area contributed by atoms with Gasteiger partial charge >= 0.3 is 0 Å². The largest absolute Gasteiger partial charge is 0.480 e. The summed E-state index contributed by atoms with van der Waals surface area (Å²) < 4.78 is 5.79. The summed E-state index contributed by atoms with van der Waals surface area (Å²) in [5.41, 5.74) is 2.93. The number of aromatic nitrogens is 4. The predicted octanol–water partition coefficient (Wildman–Crippen LogP) is 1.83. The molecule has 0 saturated heterocycles. The van der Waals surface area contributed by atoms with Crippen molar-refractivity contribution in [2.24, 2.45) is 0 Å². The zero-order chi connectivity index (χ0) is 17.2. The molecule has 25 heavy (non-hydrogen) atoms. The van der Waals surface area contributed by atoms with Crippen LogP contribution >= 0.6 is 0 Å². The summed E-state index contributed by atoms with van der Waals surface area (Å²) in [4.78, 5) is 14.4. The third-order valence-corrected chi connectivity index (χ3v) is 4.25. The molecule has 3 aromatic rings. The Kier molecular flexibility index (Phi) is 3.89. The maximum Gasteiger partial charge on any atom is 0.264 e. The average molecular weight is 335 g/mol. The molecular formula is C18H17N5O2. The molecule has 1 amide bonds. The lowest BCUT2D eigenvalue weighted by molar-refractivity contribution is -0.137. The second kappa shape index (κ2) is 6.35. The fourth-order valence-corrected chi connectivity index (χ4v) is 3.01. The Labute approximate surface area is 144 Å². The van der Waals surface area contributed by atoms with E-state index < -0.39 is 6.10 Å². The van der Waals surface area contributed by atoms with Crippen LogP contribution in [0.15, 0.2) is 48.5 Å². The van der Waals surface area contributed by atoms with E-state index in [4.69, 9.17) is 4.74 Å². The smallest absolute Gasteiger partial charge is 0.264 e. The number of tetrazole rings is 1. The zero-order valence-corrected chi connectivity index (χ0v) is 13.7. The fraction of sp³-hybridized carbons (Fsp3) is 0.222. The highest BCUT2D eigenvalue weighted by molar-refractivity contribution is 5.82. The first kappa shape index (κ1) is 15.3. The van der Waals surface area contributed by atoms with Gasteiger partial charge in [-0.1, -0.05) is 36.4 Å². The van der Waals surface area contributed by atoms with Crippen molar-refractivity contribution in [3.8, 4) is 17.1 Å². The number of benzene rings is 2. The first-order valence-corrected chi connectivity index (χ1v) is 8.03. The van der Waals surface area contributed by atoms with E-state index in [0.29, 0.717) is 18.8 Å². The molecule has 1 aliphatic rings. The number of fused-ring (bicyclic) bond motifs is 1. The number of nitrogens with zero attached hydrogens (tertiary/aromatic N) is 4. The normalized spacial score (nSPS) is 15.5. The van der Waals surface area contributed by atoms with E-state index in [-0.39, 0.29) is 5.91 Å². The van der Waals surface area contributed by atoms with Crippen molar-refractivity contribution < 1.29 is 9.53 Å². The minimum Gasteiger partial charge on any atom is -0.480 e. The molecule has 0 bridgehead atoms. The van der Waals surface area contributed by atoms with Gasteiger partial charge in [-0.3, -0.25) is 4.79 Å². The number of hydrogen-bond acceptors (Lipinski definition) is 5. The van der Waals surface area contributed by atoms with Gasteiger partial charge in [0, 0.05) is 25.6 Å².